The van der Waals surface area contributed by atoms with Gasteiger partial charge in [0.1, 0.15) is 11.6 Å². The largest absolute Gasteiger partial charge is 0.327 e. The summed E-state index contributed by atoms with van der Waals surface area (Å²) in [6.45, 7) is 4.36. The highest BCUT2D eigenvalue weighted by molar-refractivity contribution is 5.75. The van der Waals surface area contributed by atoms with Crippen LogP contribution in [0.25, 0.3) is 11.0 Å². The van der Waals surface area contributed by atoms with E-state index in [1.807, 2.05) is 0 Å². The van der Waals surface area contributed by atoms with Crippen LogP contribution in [0, 0.1) is 11.6 Å². The molecule has 7 heteroatoms. The first kappa shape index (κ1) is 18.8. The van der Waals surface area contributed by atoms with Crippen LogP contribution in [0.1, 0.15) is 37.5 Å². The Morgan fingerprint density at radius 2 is 1.89 bits per heavy atom. The van der Waals surface area contributed by atoms with Gasteiger partial charge in [-0.15, -0.1) is 0 Å². The maximum Gasteiger partial charge on any atom is 0.327 e. The molecule has 0 radical (unpaired) electrons. The van der Waals surface area contributed by atoms with Gasteiger partial charge in [-0.2, -0.15) is 0 Å². The zero-order chi connectivity index (χ0) is 19.7. The fourth-order valence-corrected chi connectivity index (χ4v) is 4.09. The number of hydrogen-bond donors (Lipinski definition) is 2. The van der Waals surface area contributed by atoms with E-state index >= 15 is 0 Å². The molecule has 1 fully saturated rings. The summed E-state index contributed by atoms with van der Waals surface area (Å²) < 4.78 is 28.6. The molecule has 148 valence electrons. The number of imidazole rings is 1. The number of aromatic nitrogens is 2. The predicted octanol–water partition coefficient (Wildman–Crippen LogP) is 3.55. The third-order valence-corrected chi connectivity index (χ3v) is 5.42. The normalized spacial score (nSPS) is 19.2. The van der Waals surface area contributed by atoms with Crippen molar-refractivity contribution in [2.45, 2.75) is 32.0 Å². The van der Waals surface area contributed by atoms with Crippen LogP contribution >= 0.6 is 0 Å². The van der Waals surface area contributed by atoms with Gasteiger partial charge in [0, 0.05) is 25.7 Å². The molecule has 2 aromatic carbocycles. The maximum absolute atomic E-state index is 13.6. The first-order valence-corrected chi connectivity index (χ1v) is 9.69. The van der Waals surface area contributed by atoms with E-state index in [1.165, 1.54) is 24.3 Å². The molecule has 1 aromatic heterocycles. The Labute approximate surface area is 162 Å². The molecule has 5 nitrogen and oxygen atoms in total. The van der Waals surface area contributed by atoms with Gasteiger partial charge in [0.2, 0.25) is 0 Å². The molecule has 2 atom stereocenters. The third kappa shape index (κ3) is 3.59. The molecule has 2 N–H and O–H groups in total. The summed E-state index contributed by atoms with van der Waals surface area (Å²) in [7, 11) is 0. The summed E-state index contributed by atoms with van der Waals surface area (Å²) in [5.74, 6) is -0.621. The van der Waals surface area contributed by atoms with E-state index in [-0.39, 0.29) is 29.5 Å². The molecule has 0 aliphatic carbocycles. The molecule has 3 aromatic rings. The highest BCUT2D eigenvalue weighted by Crippen LogP contribution is 2.27. The van der Waals surface area contributed by atoms with Crippen molar-refractivity contribution in [3.8, 4) is 0 Å². The van der Waals surface area contributed by atoms with Gasteiger partial charge in [-0.1, -0.05) is 25.5 Å². The molecule has 0 bridgehead atoms. The summed E-state index contributed by atoms with van der Waals surface area (Å²) in [5, 5.41) is 3.48. The summed E-state index contributed by atoms with van der Waals surface area (Å²) >= 11 is 0. The van der Waals surface area contributed by atoms with Crippen molar-refractivity contribution in [1.82, 2.24) is 19.8 Å². The van der Waals surface area contributed by atoms with Gasteiger partial charge in [0.05, 0.1) is 17.2 Å². The van der Waals surface area contributed by atoms with Crippen molar-refractivity contribution in [3.05, 3.63) is 70.1 Å². The number of piperazine rings is 1. The molecule has 4 rings (SSSR count). The van der Waals surface area contributed by atoms with Gasteiger partial charge in [-0.3, -0.25) is 9.47 Å². The van der Waals surface area contributed by atoms with E-state index in [4.69, 9.17) is 0 Å². The Hall–Kier alpha value is -2.51. The second-order valence-corrected chi connectivity index (χ2v) is 7.28. The van der Waals surface area contributed by atoms with Crippen molar-refractivity contribution in [1.29, 1.82) is 0 Å². The Morgan fingerprint density at radius 1 is 1.14 bits per heavy atom. The van der Waals surface area contributed by atoms with E-state index in [2.05, 4.69) is 22.1 Å². The minimum Gasteiger partial charge on any atom is -0.308 e. The van der Waals surface area contributed by atoms with E-state index in [0.29, 0.717) is 17.6 Å². The number of rotatable bonds is 5. The lowest BCUT2D eigenvalue weighted by atomic mass is 10.0. The second kappa shape index (κ2) is 7.85. The number of hydrogen-bond acceptors (Lipinski definition) is 3. The lowest BCUT2D eigenvalue weighted by Gasteiger charge is -2.39. The minimum atomic E-state index is -0.369. The monoisotopic (exact) mass is 386 g/mol. The third-order valence-electron chi connectivity index (χ3n) is 5.42. The van der Waals surface area contributed by atoms with Crippen LogP contribution in [0.15, 0.2) is 47.3 Å². The average Bonchev–Trinajstić information content (AvgIpc) is 3.01. The zero-order valence-electron chi connectivity index (χ0n) is 15.8. The number of H-pyrrole nitrogens is 1. The number of halogens is 2. The van der Waals surface area contributed by atoms with Crippen molar-refractivity contribution < 1.29 is 8.78 Å². The predicted molar refractivity (Wildman–Crippen MR) is 105 cm³/mol. The van der Waals surface area contributed by atoms with Gasteiger partial charge in [-0.25, -0.2) is 13.6 Å². The molecule has 2 heterocycles. The van der Waals surface area contributed by atoms with Gasteiger partial charge in [0.25, 0.3) is 0 Å². The van der Waals surface area contributed by atoms with Crippen LogP contribution < -0.4 is 11.0 Å². The van der Waals surface area contributed by atoms with Crippen LogP contribution in [0.3, 0.4) is 0 Å². The van der Waals surface area contributed by atoms with Crippen LogP contribution in [-0.4, -0.2) is 34.1 Å². The average molecular weight is 386 g/mol. The van der Waals surface area contributed by atoms with Gasteiger partial charge < -0.3 is 10.3 Å². The quantitative estimate of drug-likeness (QED) is 0.705. The molecule has 0 spiro atoms. The molecule has 28 heavy (non-hydrogen) atoms. The van der Waals surface area contributed by atoms with E-state index in [1.54, 1.807) is 22.8 Å². The van der Waals surface area contributed by atoms with Gasteiger partial charge in [-0.05, 0) is 42.3 Å². The second-order valence-electron chi connectivity index (χ2n) is 7.28. The maximum atomic E-state index is 13.6. The van der Waals surface area contributed by atoms with Crippen LogP contribution in [0.4, 0.5) is 8.78 Å². The lowest BCUT2D eigenvalue weighted by Crippen LogP contribution is -2.49. The Morgan fingerprint density at radius 3 is 2.64 bits per heavy atom. The van der Waals surface area contributed by atoms with E-state index in [0.717, 1.165) is 31.5 Å². The lowest BCUT2D eigenvalue weighted by molar-refractivity contribution is 0.0915. The SMILES string of the molecule is CCCC(N1CCNC(c2ccc(F)cc2)C1)n1c(=O)[nH]c2cc(F)ccc21. The zero-order valence-corrected chi connectivity index (χ0v) is 15.8. The summed E-state index contributed by atoms with van der Waals surface area (Å²) in [6, 6.07) is 11.0. The summed E-state index contributed by atoms with van der Waals surface area (Å²) in [4.78, 5) is 17.8. The smallest absolute Gasteiger partial charge is 0.308 e. The van der Waals surface area contributed by atoms with E-state index in [9.17, 15) is 13.6 Å². The molecule has 2 unspecified atom stereocenters. The first-order chi connectivity index (χ1) is 13.6. The molecule has 1 saturated heterocycles. The standard InChI is InChI=1S/C21H24F2N4O/c1-2-3-20(27-19-9-8-16(23)12-17(19)25-21(27)28)26-11-10-24-18(13-26)14-4-6-15(22)7-5-14/h4-9,12,18,20,24H,2-3,10-11,13H2,1H3,(H,25,28). The number of aromatic amines is 1. The molecular weight excluding hydrogens is 362 g/mol. The van der Waals surface area contributed by atoms with E-state index < -0.39 is 0 Å². The molecule has 0 saturated carbocycles. The number of fused-ring (bicyclic) bond motifs is 1. The summed E-state index contributed by atoms with van der Waals surface area (Å²) in [6.07, 6.45) is 1.60. The number of nitrogens with zero attached hydrogens (tertiary/aromatic N) is 2. The minimum absolute atomic E-state index is 0.0621. The Balaban J connectivity index is 1.67. The number of nitrogens with one attached hydrogen (secondary N) is 2. The topological polar surface area (TPSA) is 53.1 Å². The van der Waals surface area contributed by atoms with Crippen LogP contribution in [0.2, 0.25) is 0 Å². The Kier molecular flexibility index (Phi) is 5.28. The first-order valence-electron chi connectivity index (χ1n) is 9.69. The van der Waals surface area contributed by atoms with Crippen molar-refractivity contribution in [2.75, 3.05) is 19.6 Å². The summed E-state index contributed by atoms with van der Waals surface area (Å²) in [5.41, 5.74) is 2.02. The number of benzene rings is 2. The Bertz CT molecular complexity index is 1010. The molecule has 0 amide bonds. The van der Waals surface area contributed by atoms with Gasteiger partial charge >= 0.3 is 5.69 Å². The molecule has 1 aliphatic rings. The highest BCUT2D eigenvalue weighted by Gasteiger charge is 2.29. The van der Waals surface area contributed by atoms with Crippen LogP contribution in [0.5, 0.6) is 0 Å². The molecule has 1 aliphatic heterocycles. The van der Waals surface area contributed by atoms with Crippen molar-refractivity contribution in [3.63, 3.8) is 0 Å². The fraction of sp³-hybridized carbons (Fsp3) is 0.381. The van der Waals surface area contributed by atoms with Crippen LogP contribution in [-0.2, 0) is 0 Å². The van der Waals surface area contributed by atoms with Gasteiger partial charge in [0.15, 0.2) is 0 Å². The van der Waals surface area contributed by atoms with Crippen molar-refractivity contribution in [2.24, 2.45) is 0 Å². The highest BCUT2D eigenvalue weighted by atomic mass is 19.1. The fourth-order valence-electron chi connectivity index (χ4n) is 4.09. The molecular formula is C21H24F2N4O. The van der Waals surface area contributed by atoms with Crippen molar-refractivity contribution >= 4 is 11.0 Å².